The summed E-state index contributed by atoms with van der Waals surface area (Å²) in [6, 6.07) is 3.07. The number of carbonyl (C=O) groups excluding carboxylic acids is 2. The Balaban J connectivity index is 1.40. The lowest BCUT2D eigenvalue weighted by Crippen LogP contribution is -2.43. The number of carbonyl (C=O) groups is 2. The van der Waals surface area contributed by atoms with Gasteiger partial charge in [0, 0.05) is 35.8 Å². The van der Waals surface area contributed by atoms with Crippen molar-refractivity contribution in [2.45, 2.75) is 70.9 Å². The van der Waals surface area contributed by atoms with Crippen LogP contribution in [0.5, 0.6) is 11.5 Å². The Morgan fingerprint density at radius 3 is 2.42 bits per heavy atom. The maximum Gasteiger partial charge on any atom is 0.255 e. The second-order valence-corrected chi connectivity index (χ2v) is 10.3. The Morgan fingerprint density at radius 2 is 1.76 bits per heavy atom. The number of aryl methyl sites for hydroxylation is 1. The summed E-state index contributed by atoms with van der Waals surface area (Å²) in [5, 5.41) is 6.18. The van der Waals surface area contributed by atoms with Gasteiger partial charge in [-0.25, -0.2) is 14.4 Å². The van der Waals surface area contributed by atoms with E-state index in [2.05, 4.69) is 25.6 Å². The number of aromatic amines is 1. The van der Waals surface area contributed by atoms with Crippen LogP contribution in [-0.4, -0.2) is 52.6 Å². The summed E-state index contributed by atoms with van der Waals surface area (Å²) in [5.41, 5.74) is 3.03. The number of ether oxygens (including phenoxy) is 2. The van der Waals surface area contributed by atoms with E-state index in [1.807, 2.05) is 13.8 Å². The number of methoxy groups -OCH3 is 1. The van der Waals surface area contributed by atoms with Gasteiger partial charge in [-0.3, -0.25) is 9.59 Å². The predicted molar refractivity (Wildman–Crippen MR) is 141 cm³/mol. The van der Waals surface area contributed by atoms with Crippen molar-refractivity contribution in [3.63, 3.8) is 0 Å². The summed E-state index contributed by atoms with van der Waals surface area (Å²) >= 11 is 0. The first kappa shape index (κ1) is 25.9. The molecular weight excluding hydrogens is 489 g/mol. The molecule has 2 aromatic heterocycles. The molecule has 0 unspecified atom stereocenters. The SMILES string of the molecule is CCC(=O)NC1CCC(NC(=O)c2c(C)[nH]c3c(-c4cc(F)c(OC)cc4OCC4CC4)ncnc23)CC1. The highest BCUT2D eigenvalue weighted by atomic mass is 19.1. The number of hydrogen-bond acceptors (Lipinski definition) is 6. The number of H-pyrrole nitrogens is 1. The van der Waals surface area contributed by atoms with Gasteiger partial charge in [0.05, 0.1) is 24.8 Å². The largest absolute Gasteiger partial charge is 0.494 e. The van der Waals surface area contributed by atoms with Gasteiger partial charge in [0.2, 0.25) is 5.91 Å². The molecule has 0 spiro atoms. The Hall–Kier alpha value is -3.69. The molecule has 0 bridgehead atoms. The molecule has 0 aliphatic heterocycles. The molecule has 3 aromatic rings. The average Bonchev–Trinajstić information content (AvgIpc) is 3.68. The second-order valence-electron chi connectivity index (χ2n) is 10.3. The first-order valence-electron chi connectivity index (χ1n) is 13.3. The summed E-state index contributed by atoms with van der Waals surface area (Å²) < 4.78 is 26.0. The van der Waals surface area contributed by atoms with Crippen LogP contribution in [0.3, 0.4) is 0 Å². The second kappa shape index (κ2) is 11.0. The van der Waals surface area contributed by atoms with Gasteiger partial charge < -0.3 is 25.1 Å². The van der Waals surface area contributed by atoms with Gasteiger partial charge in [0.15, 0.2) is 11.6 Å². The minimum absolute atomic E-state index is 0.0149. The standard InChI is InChI=1S/C28H34FN5O4/c1-4-23(35)33-17-7-9-18(10-8-17)34-28(36)24-15(2)32-27-25(30-14-31-26(24)27)19-11-20(29)22(37-3)12-21(19)38-13-16-5-6-16/h11-12,14,16-18,32H,4-10,13H2,1-3H3,(H,33,35)(H,34,36). The zero-order valence-corrected chi connectivity index (χ0v) is 22.0. The summed E-state index contributed by atoms with van der Waals surface area (Å²) in [6.45, 7) is 4.20. The lowest BCUT2D eigenvalue weighted by Gasteiger charge is -2.29. The van der Waals surface area contributed by atoms with E-state index < -0.39 is 5.82 Å². The Bertz CT molecular complexity index is 1340. The van der Waals surface area contributed by atoms with Crippen LogP contribution in [0.25, 0.3) is 22.3 Å². The number of nitrogens with one attached hydrogen (secondary N) is 3. The highest BCUT2D eigenvalue weighted by molar-refractivity contribution is 6.09. The van der Waals surface area contributed by atoms with Crippen LogP contribution < -0.4 is 20.1 Å². The van der Waals surface area contributed by atoms with Gasteiger partial charge in [-0.1, -0.05) is 6.92 Å². The van der Waals surface area contributed by atoms with Gasteiger partial charge in [0.25, 0.3) is 5.91 Å². The zero-order valence-electron chi connectivity index (χ0n) is 22.0. The van der Waals surface area contributed by atoms with Crippen LogP contribution in [0, 0.1) is 18.7 Å². The summed E-state index contributed by atoms with van der Waals surface area (Å²) in [4.78, 5) is 37.2. The lowest BCUT2D eigenvalue weighted by molar-refractivity contribution is -0.121. The molecule has 202 valence electrons. The number of amides is 2. The van der Waals surface area contributed by atoms with Crippen molar-refractivity contribution in [1.29, 1.82) is 0 Å². The van der Waals surface area contributed by atoms with Gasteiger partial charge in [-0.05, 0) is 57.4 Å². The molecule has 2 heterocycles. The van der Waals surface area contributed by atoms with E-state index in [4.69, 9.17) is 9.47 Å². The predicted octanol–water partition coefficient (Wildman–Crippen LogP) is 4.44. The number of halogens is 1. The molecule has 0 saturated heterocycles. The fourth-order valence-corrected chi connectivity index (χ4v) is 5.06. The lowest BCUT2D eigenvalue weighted by atomic mass is 9.91. The first-order valence-corrected chi connectivity index (χ1v) is 13.3. The quantitative estimate of drug-likeness (QED) is 0.382. The molecule has 10 heteroatoms. The highest BCUT2D eigenvalue weighted by Crippen LogP contribution is 2.39. The number of nitrogens with zero attached hydrogens (tertiary/aromatic N) is 2. The maximum atomic E-state index is 14.8. The van der Waals surface area contributed by atoms with Crippen LogP contribution in [0.2, 0.25) is 0 Å². The third kappa shape index (κ3) is 5.44. The zero-order chi connectivity index (χ0) is 26.8. The molecule has 9 nitrogen and oxygen atoms in total. The molecule has 0 atom stereocenters. The molecule has 2 aliphatic rings. The third-order valence-electron chi connectivity index (χ3n) is 7.43. The van der Waals surface area contributed by atoms with Gasteiger partial charge in [-0.15, -0.1) is 0 Å². The number of hydrogen-bond donors (Lipinski definition) is 3. The first-order chi connectivity index (χ1) is 18.4. The van der Waals surface area contributed by atoms with E-state index in [-0.39, 0.29) is 29.6 Å². The van der Waals surface area contributed by atoms with Crippen LogP contribution in [-0.2, 0) is 4.79 Å². The molecule has 3 N–H and O–H groups in total. The average molecular weight is 524 g/mol. The van der Waals surface area contributed by atoms with Crippen molar-refractivity contribution in [3.05, 3.63) is 35.5 Å². The number of rotatable bonds is 9. The fourth-order valence-electron chi connectivity index (χ4n) is 5.06. The van der Waals surface area contributed by atoms with E-state index in [0.717, 1.165) is 38.5 Å². The topological polar surface area (TPSA) is 118 Å². The van der Waals surface area contributed by atoms with Crippen molar-refractivity contribution in [1.82, 2.24) is 25.6 Å². The molecule has 0 radical (unpaired) electrons. The number of aromatic nitrogens is 3. The van der Waals surface area contributed by atoms with Gasteiger partial charge >= 0.3 is 0 Å². The number of benzene rings is 1. The van der Waals surface area contributed by atoms with E-state index in [9.17, 15) is 14.0 Å². The van der Waals surface area contributed by atoms with Gasteiger partial charge in [0.1, 0.15) is 23.3 Å². The highest BCUT2D eigenvalue weighted by Gasteiger charge is 2.28. The Kier molecular flexibility index (Phi) is 7.49. The van der Waals surface area contributed by atoms with Crippen molar-refractivity contribution in [3.8, 4) is 22.8 Å². The van der Waals surface area contributed by atoms with Gasteiger partial charge in [-0.2, -0.15) is 0 Å². The van der Waals surface area contributed by atoms with Crippen molar-refractivity contribution in [2.75, 3.05) is 13.7 Å². The van der Waals surface area contributed by atoms with Crippen LogP contribution in [0.4, 0.5) is 4.39 Å². The van der Waals surface area contributed by atoms with Crippen molar-refractivity contribution >= 4 is 22.8 Å². The minimum atomic E-state index is -0.528. The normalized spacial score (nSPS) is 19.3. The van der Waals surface area contributed by atoms with Crippen molar-refractivity contribution in [2.24, 2.45) is 5.92 Å². The molecule has 2 fully saturated rings. The molecule has 1 aromatic carbocycles. The van der Waals surface area contributed by atoms with E-state index in [1.54, 1.807) is 6.07 Å². The maximum absolute atomic E-state index is 14.8. The van der Waals surface area contributed by atoms with Crippen molar-refractivity contribution < 1.29 is 23.5 Å². The van der Waals surface area contributed by atoms with Crippen LogP contribution in [0.15, 0.2) is 18.5 Å². The smallest absolute Gasteiger partial charge is 0.255 e. The molecular formula is C28H34FN5O4. The molecule has 2 saturated carbocycles. The minimum Gasteiger partial charge on any atom is -0.494 e. The fraction of sp³-hybridized carbons (Fsp3) is 0.500. The van der Waals surface area contributed by atoms with E-state index in [1.165, 1.54) is 19.5 Å². The van der Waals surface area contributed by atoms with E-state index >= 15 is 0 Å². The summed E-state index contributed by atoms with van der Waals surface area (Å²) in [7, 11) is 1.42. The molecule has 2 amide bonds. The van der Waals surface area contributed by atoms with E-state index in [0.29, 0.717) is 58.2 Å². The Morgan fingerprint density at radius 1 is 1.05 bits per heavy atom. The summed E-state index contributed by atoms with van der Waals surface area (Å²) in [6.07, 6.45) is 7.31. The van der Waals surface area contributed by atoms with Crippen LogP contribution in [0.1, 0.15) is 67.9 Å². The van der Waals surface area contributed by atoms with Crippen LogP contribution >= 0.6 is 0 Å². The summed E-state index contributed by atoms with van der Waals surface area (Å²) in [5.74, 6) is 0.382. The molecule has 38 heavy (non-hydrogen) atoms. The molecule has 2 aliphatic carbocycles. The molecule has 5 rings (SSSR count). The Labute approximate surface area is 220 Å². The number of fused-ring (bicyclic) bond motifs is 1. The third-order valence-corrected chi connectivity index (χ3v) is 7.43. The monoisotopic (exact) mass is 523 g/mol.